The van der Waals surface area contributed by atoms with Crippen molar-refractivity contribution in [2.24, 2.45) is 5.92 Å². The molecule has 150 valence electrons. The van der Waals surface area contributed by atoms with Gasteiger partial charge < -0.3 is 15.1 Å². The first-order chi connectivity index (χ1) is 13.5. The lowest BCUT2D eigenvalue weighted by Gasteiger charge is -2.36. The molecule has 2 aromatic rings. The molecular formula is C21H28N4O2S. The molecule has 28 heavy (non-hydrogen) atoms. The standard InChI is InChI=1S/C21H28N4O2S/c1-16(2)14-19-23-18(15-28-19)21(27)22-9-8-20(26)25-12-10-24(11-13-25)17-6-4-3-5-7-17/h3-7,15-16H,8-14H2,1-2H3,(H,22,27). The second-order valence-corrected chi connectivity index (χ2v) is 8.38. The summed E-state index contributed by atoms with van der Waals surface area (Å²) in [5.41, 5.74) is 1.64. The van der Waals surface area contributed by atoms with Crippen molar-refractivity contribution in [3.63, 3.8) is 0 Å². The van der Waals surface area contributed by atoms with E-state index >= 15 is 0 Å². The van der Waals surface area contributed by atoms with Crippen molar-refractivity contribution in [2.45, 2.75) is 26.7 Å². The highest BCUT2D eigenvalue weighted by Crippen LogP contribution is 2.16. The molecule has 1 aliphatic heterocycles. The highest BCUT2D eigenvalue weighted by atomic mass is 32.1. The molecule has 0 saturated carbocycles. The number of piperazine rings is 1. The van der Waals surface area contributed by atoms with Crippen molar-refractivity contribution in [2.75, 3.05) is 37.6 Å². The summed E-state index contributed by atoms with van der Waals surface area (Å²) < 4.78 is 0. The average Bonchev–Trinajstić information content (AvgIpc) is 3.16. The summed E-state index contributed by atoms with van der Waals surface area (Å²) in [5.74, 6) is 0.404. The van der Waals surface area contributed by atoms with Crippen molar-refractivity contribution < 1.29 is 9.59 Å². The number of carbonyl (C=O) groups excluding carboxylic acids is 2. The zero-order chi connectivity index (χ0) is 19.9. The second-order valence-electron chi connectivity index (χ2n) is 7.43. The molecule has 1 fully saturated rings. The number of hydrogen-bond acceptors (Lipinski definition) is 5. The lowest BCUT2D eigenvalue weighted by atomic mass is 10.1. The summed E-state index contributed by atoms with van der Waals surface area (Å²) in [7, 11) is 0. The number of hydrogen-bond donors (Lipinski definition) is 1. The maximum absolute atomic E-state index is 12.4. The van der Waals surface area contributed by atoms with E-state index in [1.54, 1.807) is 5.38 Å². The lowest BCUT2D eigenvalue weighted by Crippen LogP contribution is -2.49. The Hall–Kier alpha value is -2.41. The van der Waals surface area contributed by atoms with Crippen molar-refractivity contribution in [1.29, 1.82) is 0 Å². The fourth-order valence-electron chi connectivity index (χ4n) is 3.24. The Labute approximate surface area is 170 Å². The van der Waals surface area contributed by atoms with Gasteiger partial charge in [0.1, 0.15) is 5.69 Å². The molecule has 0 spiro atoms. The summed E-state index contributed by atoms with van der Waals surface area (Å²) in [6.07, 6.45) is 1.20. The first kappa shape index (κ1) is 20.3. The monoisotopic (exact) mass is 400 g/mol. The Kier molecular flexibility index (Phi) is 7.03. The molecule has 1 aromatic carbocycles. The highest BCUT2D eigenvalue weighted by molar-refractivity contribution is 7.09. The van der Waals surface area contributed by atoms with Crippen LogP contribution in [0, 0.1) is 5.92 Å². The van der Waals surface area contributed by atoms with Gasteiger partial charge in [-0.1, -0.05) is 32.0 Å². The third kappa shape index (κ3) is 5.55. The van der Waals surface area contributed by atoms with Crippen molar-refractivity contribution in [3.05, 3.63) is 46.4 Å². The third-order valence-electron chi connectivity index (χ3n) is 4.75. The SMILES string of the molecule is CC(C)Cc1nc(C(=O)NCCC(=O)N2CCN(c3ccccc3)CC2)cs1. The van der Waals surface area contributed by atoms with E-state index in [2.05, 4.69) is 41.2 Å². The Balaban J connectivity index is 1.39. The van der Waals surface area contributed by atoms with E-state index in [9.17, 15) is 9.59 Å². The molecule has 0 aliphatic carbocycles. The topological polar surface area (TPSA) is 65.5 Å². The molecule has 7 heteroatoms. The Morgan fingerprint density at radius 1 is 1.14 bits per heavy atom. The maximum Gasteiger partial charge on any atom is 0.270 e. The van der Waals surface area contributed by atoms with Gasteiger partial charge in [-0.3, -0.25) is 9.59 Å². The average molecular weight is 401 g/mol. The summed E-state index contributed by atoms with van der Waals surface area (Å²) in [6, 6.07) is 10.3. The first-order valence-corrected chi connectivity index (χ1v) is 10.7. The van der Waals surface area contributed by atoms with Crippen molar-refractivity contribution in [3.8, 4) is 0 Å². The molecule has 0 unspecified atom stereocenters. The number of thiazole rings is 1. The lowest BCUT2D eigenvalue weighted by molar-refractivity contribution is -0.131. The summed E-state index contributed by atoms with van der Waals surface area (Å²) in [6.45, 7) is 7.70. The van der Waals surface area contributed by atoms with Crippen LogP contribution >= 0.6 is 11.3 Å². The number of para-hydroxylation sites is 1. The van der Waals surface area contributed by atoms with Crippen LogP contribution in [0.25, 0.3) is 0 Å². The molecule has 1 saturated heterocycles. The van der Waals surface area contributed by atoms with Crippen LogP contribution in [0.15, 0.2) is 35.7 Å². The van der Waals surface area contributed by atoms with Crippen LogP contribution in [-0.4, -0.2) is 54.4 Å². The maximum atomic E-state index is 12.4. The van der Waals surface area contributed by atoms with Crippen LogP contribution in [0.3, 0.4) is 0 Å². The van der Waals surface area contributed by atoms with Crippen LogP contribution in [0.1, 0.15) is 35.8 Å². The molecular weight excluding hydrogens is 372 g/mol. The normalized spacial score (nSPS) is 14.4. The van der Waals surface area contributed by atoms with Crippen LogP contribution in [-0.2, 0) is 11.2 Å². The quantitative estimate of drug-likeness (QED) is 0.776. The van der Waals surface area contributed by atoms with E-state index < -0.39 is 0 Å². The highest BCUT2D eigenvalue weighted by Gasteiger charge is 2.21. The smallest absolute Gasteiger partial charge is 0.270 e. The van der Waals surface area contributed by atoms with Gasteiger partial charge in [0.25, 0.3) is 5.91 Å². The van der Waals surface area contributed by atoms with Crippen LogP contribution < -0.4 is 10.2 Å². The van der Waals surface area contributed by atoms with Gasteiger partial charge in [-0.25, -0.2) is 4.98 Å². The molecule has 2 amide bonds. The Bertz CT molecular complexity index is 783. The fraction of sp³-hybridized carbons (Fsp3) is 0.476. The largest absolute Gasteiger partial charge is 0.368 e. The number of aromatic nitrogens is 1. The van der Waals surface area contributed by atoms with E-state index in [4.69, 9.17) is 0 Å². The van der Waals surface area contributed by atoms with Gasteiger partial charge in [-0.15, -0.1) is 11.3 Å². The predicted molar refractivity (Wildman–Crippen MR) is 113 cm³/mol. The summed E-state index contributed by atoms with van der Waals surface area (Å²) >= 11 is 1.52. The van der Waals surface area contributed by atoms with Crippen molar-refractivity contribution in [1.82, 2.24) is 15.2 Å². The number of nitrogens with zero attached hydrogens (tertiary/aromatic N) is 3. The predicted octanol–water partition coefficient (Wildman–Crippen LogP) is 2.81. The van der Waals surface area contributed by atoms with Crippen molar-refractivity contribution >= 4 is 28.8 Å². The van der Waals surface area contributed by atoms with Gasteiger partial charge in [-0.2, -0.15) is 0 Å². The minimum absolute atomic E-state index is 0.0896. The van der Waals surface area contributed by atoms with E-state index in [1.165, 1.54) is 17.0 Å². The fourth-order valence-corrected chi connectivity index (χ4v) is 4.23. The van der Waals surface area contributed by atoms with Crippen LogP contribution in [0.2, 0.25) is 0 Å². The van der Waals surface area contributed by atoms with Crippen LogP contribution in [0.4, 0.5) is 5.69 Å². The molecule has 0 radical (unpaired) electrons. The minimum Gasteiger partial charge on any atom is -0.368 e. The molecule has 1 aromatic heterocycles. The van der Waals surface area contributed by atoms with Crippen LogP contribution in [0.5, 0.6) is 0 Å². The first-order valence-electron chi connectivity index (χ1n) is 9.83. The number of amides is 2. The zero-order valence-electron chi connectivity index (χ0n) is 16.6. The second kappa shape index (κ2) is 9.68. The third-order valence-corrected chi connectivity index (χ3v) is 5.62. The molecule has 1 N–H and O–H groups in total. The number of benzene rings is 1. The summed E-state index contributed by atoms with van der Waals surface area (Å²) in [4.78, 5) is 33.2. The van der Waals surface area contributed by atoms with Gasteiger partial charge in [0.15, 0.2) is 0 Å². The Morgan fingerprint density at radius 2 is 1.86 bits per heavy atom. The van der Waals surface area contributed by atoms with Gasteiger partial charge in [0, 0.05) is 56.6 Å². The van der Waals surface area contributed by atoms with E-state index in [0.29, 0.717) is 37.7 Å². The van der Waals surface area contributed by atoms with Gasteiger partial charge in [-0.05, 0) is 18.1 Å². The number of carbonyl (C=O) groups is 2. The molecule has 3 rings (SSSR count). The molecule has 6 nitrogen and oxygen atoms in total. The summed E-state index contributed by atoms with van der Waals surface area (Å²) in [5, 5.41) is 5.59. The minimum atomic E-state index is -0.201. The molecule has 0 atom stereocenters. The molecule has 0 bridgehead atoms. The number of nitrogens with one attached hydrogen (secondary N) is 1. The van der Waals surface area contributed by atoms with Gasteiger partial charge >= 0.3 is 0 Å². The van der Waals surface area contributed by atoms with Gasteiger partial charge in [0.2, 0.25) is 5.91 Å². The number of anilines is 1. The molecule has 1 aliphatic rings. The van der Waals surface area contributed by atoms with E-state index in [0.717, 1.165) is 24.5 Å². The molecule has 2 heterocycles. The zero-order valence-corrected chi connectivity index (χ0v) is 17.4. The van der Waals surface area contributed by atoms with Gasteiger partial charge in [0.05, 0.1) is 5.01 Å². The van der Waals surface area contributed by atoms with E-state index in [-0.39, 0.29) is 11.8 Å². The Morgan fingerprint density at radius 3 is 2.54 bits per heavy atom. The van der Waals surface area contributed by atoms with E-state index in [1.807, 2.05) is 23.1 Å². The number of rotatable bonds is 7.